The third-order valence-electron chi connectivity index (χ3n) is 7.61. The lowest BCUT2D eigenvalue weighted by Gasteiger charge is -2.37. The Morgan fingerprint density at radius 1 is 1.23 bits per heavy atom. The van der Waals surface area contributed by atoms with E-state index >= 15 is 0 Å². The minimum atomic E-state index is -0.144. The van der Waals surface area contributed by atoms with E-state index in [-0.39, 0.29) is 29.2 Å². The van der Waals surface area contributed by atoms with Crippen molar-refractivity contribution in [3.8, 4) is 0 Å². The van der Waals surface area contributed by atoms with Crippen molar-refractivity contribution in [3.05, 3.63) is 70.3 Å². The Bertz CT molecular complexity index is 1240. The largest absolute Gasteiger partial charge is 0.385 e. The maximum absolute atomic E-state index is 13.4. The van der Waals surface area contributed by atoms with Crippen molar-refractivity contribution >= 4 is 16.8 Å². The van der Waals surface area contributed by atoms with Gasteiger partial charge in [-0.3, -0.25) is 9.59 Å². The fourth-order valence-corrected chi connectivity index (χ4v) is 5.60. The molecule has 186 valence electrons. The van der Waals surface area contributed by atoms with Crippen molar-refractivity contribution < 1.29 is 9.53 Å². The summed E-state index contributed by atoms with van der Waals surface area (Å²) in [6, 6.07) is 12.6. The van der Waals surface area contributed by atoms with Crippen molar-refractivity contribution in [2.24, 2.45) is 18.9 Å². The van der Waals surface area contributed by atoms with E-state index in [2.05, 4.69) is 51.7 Å². The van der Waals surface area contributed by atoms with E-state index in [1.54, 1.807) is 24.8 Å². The van der Waals surface area contributed by atoms with Crippen molar-refractivity contribution in [3.63, 3.8) is 0 Å². The fraction of sp³-hybridized carbons (Fsp3) is 0.500. The molecule has 3 heterocycles. The van der Waals surface area contributed by atoms with E-state index < -0.39 is 0 Å². The molecule has 7 heteroatoms. The monoisotopic (exact) mass is 476 g/mol. The zero-order chi connectivity index (χ0) is 24.4. The van der Waals surface area contributed by atoms with Crippen LogP contribution in [0.2, 0.25) is 0 Å². The third kappa shape index (κ3) is 5.07. The lowest BCUT2D eigenvalue weighted by molar-refractivity contribution is -0.127. The van der Waals surface area contributed by atoms with Crippen LogP contribution in [0.4, 0.5) is 0 Å². The average molecular weight is 477 g/mol. The highest BCUT2D eigenvalue weighted by Gasteiger charge is 2.40. The maximum Gasteiger partial charge on any atom is 0.250 e. The summed E-state index contributed by atoms with van der Waals surface area (Å²) < 4.78 is 9.20. The van der Waals surface area contributed by atoms with Gasteiger partial charge in [0.25, 0.3) is 5.56 Å². The van der Waals surface area contributed by atoms with Gasteiger partial charge in [0.1, 0.15) is 0 Å². The molecule has 5 rings (SSSR count). The first-order chi connectivity index (χ1) is 17.1. The van der Waals surface area contributed by atoms with Crippen LogP contribution in [0.25, 0.3) is 10.9 Å². The number of hydrogen-bond donors (Lipinski definition) is 2. The van der Waals surface area contributed by atoms with Crippen LogP contribution in [0.15, 0.2) is 53.6 Å². The summed E-state index contributed by atoms with van der Waals surface area (Å²) in [5.74, 6) is 0.0474. The van der Waals surface area contributed by atoms with Gasteiger partial charge in [-0.2, -0.15) is 0 Å². The topological polar surface area (TPSA) is 77.3 Å². The van der Waals surface area contributed by atoms with Gasteiger partial charge in [0.2, 0.25) is 5.91 Å². The maximum atomic E-state index is 13.4. The Kier molecular flexibility index (Phi) is 7.07. The Morgan fingerprint density at radius 3 is 2.83 bits per heavy atom. The molecule has 1 aromatic carbocycles. The smallest absolute Gasteiger partial charge is 0.250 e. The Balaban J connectivity index is 1.61. The van der Waals surface area contributed by atoms with E-state index in [1.165, 1.54) is 16.5 Å². The molecule has 0 spiro atoms. The van der Waals surface area contributed by atoms with Crippen LogP contribution in [0.3, 0.4) is 0 Å². The fourth-order valence-electron chi connectivity index (χ4n) is 5.60. The number of fused-ring (bicyclic) bond motifs is 1. The van der Waals surface area contributed by atoms with Gasteiger partial charge in [-0.05, 0) is 61.4 Å². The van der Waals surface area contributed by atoms with Crippen molar-refractivity contribution in [1.82, 2.24) is 19.8 Å². The third-order valence-corrected chi connectivity index (χ3v) is 7.61. The summed E-state index contributed by atoms with van der Waals surface area (Å²) in [4.78, 5) is 26.1. The second-order valence-corrected chi connectivity index (χ2v) is 10.1. The zero-order valence-corrected chi connectivity index (χ0v) is 20.7. The molecule has 1 aliphatic carbocycles. The van der Waals surface area contributed by atoms with Crippen LogP contribution in [-0.4, -0.2) is 47.9 Å². The van der Waals surface area contributed by atoms with E-state index in [0.29, 0.717) is 19.2 Å². The second-order valence-electron chi connectivity index (χ2n) is 10.1. The number of methoxy groups -OCH3 is 1. The highest BCUT2D eigenvalue weighted by atomic mass is 16.5. The van der Waals surface area contributed by atoms with Crippen LogP contribution >= 0.6 is 0 Å². The predicted molar refractivity (Wildman–Crippen MR) is 138 cm³/mol. The number of ether oxygens (including phenoxy) is 1. The van der Waals surface area contributed by atoms with Gasteiger partial charge < -0.3 is 24.5 Å². The average Bonchev–Trinajstić information content (AvgIpc) is 3.62. The van der Waals surface area contributed by atoms with Gasteiger partial charge in [-0.15, -0.1) is 0 Å². The highest BCUT2D eigenvalue weighted by Crippen LogP contribution is 2.43. The number of nitrogens with zero attached hydrogens (tertiary/aromatic N) is 2. The minimum Gasteiger partial charge on any atom is -0.385 e. The van der Waals surface area contributed by atoms with Crippen LogP contribution < -0.4 is 16.2 Å². The number of aromatic nitrogens is 2. The van der Waals surface area contributed by atoms with Gasteiger partial charge in [-0.1, -0.05) is 18.2 Å². The van der Waals surface area contributed by atoms with Gasteiger partial charge in [0.05, 0.1) is 5.92 Å². The van der Waals surface area contributed by atoms with E-state index in [4.69, 9.17) is 4.74 Å². The molecule has 3 atom stereocenters. The van der Waals surface area contributed by atoms with Gasteiger partial charge >= 0.3 is 0 Å². The lowest BCUT2D eigenvalue weighted by atomic mass is 9.71. The minimum absolute atomic E-state index is 0.0238. The molecule has 1 aliphatic heterocycles. The Morgan fingerprint density at radius 2 is 2.06 bits per heavy atom. The molecule has 7 nitrogen and oxygen atoms in total. The number of aryl methyl sites for hydroxylation is 2. The van der Waals surface area contributed by atoms with Crippen molar-refractivity contribution in [1.29, 1.82) is 0 Å². The number of benzene rings is 1. The molecule has 3 unspecified atom stereocenters. The van der Waals surface area contributed by atoms with E-state index in [1.807, 2.05) is 6.20 Å². The normalized spacial score (nSPS) is 21.2. The highest BCUT2D eigenvalue weighted by molar-refractivity contribution is 5.86. The molecule has 2 fully saturated rings. The summed E-state index contributed by atoms with van der Waals surface area (Å²) in [6.07, 6.45) is 8.05. The molecule has 1 saturated carbocycles. The molecule has 0 radical (unpaired) electrons. The number of pyridine rings is 1. The number of amides is 1. The van der Waals surface area contributed by atoms with Gasteiger partial charge in [0.15, 0.2) is 0 Å². The number of carbonyl (C=O) groups is 1. The molecular weight excluding hydrogens is 440 g/mol. The van der Waals surface area contributed by atoms with Crippen molar-refractivity contribution in [2.45, 2.75) is 44.2 Å². The standard InChI is InChI=1S/C28H36N4O3/c1-31-14-11-19(16-26(31)33)27(22-10-12-29-17-23(22)28(34)30-20-8-9-20)24-18-32(13-5-15-35-2)25-7-4-3-6-21(24)25/h3-4,6-7,11,14,16,18,20,22-23,27,29H,5,8-10,12-13,15,17H2,1-2H3,(H,30,34). The second kappa shape index (κ2) is 10.4. The summed E-state index contributed by atoms with van der Waals surface area (Å²) in [5, 5.41) is 7.88. The molecule has 2 aromatic heterocycles. The Hall–Kier alpha value is -2.90. The molecule has 2 N–H and O–H groups in total. The summed E-state index contributed by atoms with van der Waals surface area (Å²) in [7, 11) is 3.51. The van der Waals surface area contributed by atoms with Gasteiger partial charge in [0, 0.05) is 75.2 Å². The number of piperidine rings is 1. The van der Waals surface area contributed by atoms with Crippen LogP contribution in [0.1, 0.15) is 42.7 Å². The lowest BCUT2D eigenvalue weighted by Crippen LogP contribution is -2.48. The number of nitrogens with one attached hydrogen (secondary N) is 2. The number of para-hydroxylation sites is 1. The summed E-state index contributed by atoms with van der Waals surface area (Å²) in [6.45, 7) is 3.09. The number of rotatable bonds is 9. The van der Waals surface area contributed by atoms with Crippen LogP contribution in [0.5, 0.6) is 0 Å². The molecule has 3 aromatic rings. The molecule has 1 amide bonds. The summed E-state index contributed by atoms with van der Waals surface area (Å²) >= 11 is 0. The first-order valence-electron chi connectivity index (χ1n) is 12.8. The SMILES string of the molecule is COCCCn1cc(C(c2ccn(C)c(=O)c2)C2CCNCC2C(=O)NC2CC2)c2ccccc21. The molecule has 1 saturated heterocycles. The zero-order valence-electron chi connectivity index (χ0n) is 20.7. The van der Waals surface area contributed by atoms with Crippen LogP contribution in [-0.2, 0) is 23.1 Å². The summed E-state index contributed by atoms with van der Waals surface area (Å²) in [5.41, 5.74) is 3.34. The van der Waals surface area contributed by atoms with E-state index in [0.717, 1.165) is 44.3 Å². The Labute approximate surface area is 206 Å². The van der Waals surface area contributed by atoms with Crippen LogP contribution in [0, 0.1) is 11.8 Å². The quantitative estimate of drug-likeness (QED) is 0.466. The molecule has 35 heavy (non-hydrogen) atoms. The van der Waals surface area contributed by atoms with E-state index in [9.17, 15) is 9.59 Å². The van der Waals surface area contributed by atoms with Crippen molar-refractivity contribution in [2.75, 3.05) is 26.8 Å². The number of hydrogen-bond acceptors (Lipinski definition) is 4. The number of carbonyl (C=O) groups excluding carboxylic acids is 1. The molecule has 0 bridgehead atoms. The first-order valence-corrected chi connectivity index (χ1v) is 12.8. The predicted octanol–water partition coefficient (Wildman–Crippen LogP) is 3.01. The molecular formula is C28H36N4O3. The molecule has 2 aliphatic rings. The first kappa shape index (κ1) is 23.8. The van der Waals surface area contributed by atoms with Gasteiger partial charge in [-0.25, -0.2) is 0 Å².